The first-order chi connectivity index (χ1) is 13.2. The van der Waals surface area contributed by atoms with Crippen LogP contribution in [0, 0.1) is 0 Å². The smallest absolute Gasteiger partial charge is 0.194 e. The van der Waals surface area contributed by atoms with Crippen molar-refractivity contribution in [3.63, 3.8) is 0 Å². The lowest BCUT2D eigenvalue weighted by atomic mass is 10.1. The van der Waals surface area contributed by atoms with Crippen LogP contribution >= 0.6 is 24.0 Å². The molecule has 0 saturated carbocycles. The van der Waals surface area contributed by atoms with Gasteiger partial charge in [-0.3, -0.25) is 0 Å². The zero-order valence-electron chi connectivity index (χ0n) is 17.4. The van der Waals surface area contributed by atoms with Gasteiger partial charge in [0.15, 0.2) is 5.96 Å². The van der Waals surface area contributed by atoms with E-state index in [0.29, 0.717) is 6.54 Å². The highest BCUT2D eigenvalue weighted by Gasteiger charge is 2.32. The summed E-state index contributed by atoms with van der Waals surface area (Å²) in [5.41, 5.74) is 2.62. The van der Waals surface area contributed by atoms with Crippen LogP contribution in [0.15, 0.2) is 29.3 Å². The number of halogens is 1. The summed E-state index contributed by atoms with van der Waals surface area (Å²) in [5, 5.41) is 3.46. The largest absolute Gasteiger partial charge is 0.375 e. The molecule has 0 bridgehead atoms. The van der Waals surface area contributed by atoms with Gasteiger partial charge in [0.1, 0.15) is 6.10 Å². The van der Waals surface area contributed by atoms with E-state index in [1.54, 1.807) is 0 Å². The topological polar surface area (TPSA) is 49.3 Å². The van der Waals surface area contributed by atoms with E-state index >= 15 is 0 Å². The van der Waals surface area contributed by atoms with Crippen molar-refractivity contribution < 1.29 is 9.47 Å². The lowest BCUT2D eigenvalue weighted by molar-refractivity contribution is -0.0817. The molecule has 1 aromatic carbocycles. The Morgan fingerprint density at radius 1 is 1.18 bits per heavy atom. The molecule has 2 heterocycles. The van der Waals surface area contributed by atoms with Crippen molar-refractivity contribution in [2.45, 2.75) is 45.1 Å². The molecule has 2 unspecified atom stereocenters. The van der Waals surface area contributed by atoms with Crippen molar-refractivity contribution in [3.05, 3.63) is 35.4 Å². The Balaban J connectivity index is 0.00000280. The second-order valence-electron chi connectivity index (χ2n) is 7.58. The highest BCUT2D eigenvalue weighted by Crippen LogP contribution is 2.21. The molecule has 0 radical (unpaired) electrons. The second-order valence-corrected chi connectivity index (χ2v) is 7.58. The van der Waals surface area contributed by atoms with Gasteiger partial charge in [-0.2, -0.15) is 0 Å². The normalized spacial score (nSPS) is 23.0. The van der Waals surface area contributed by atoms with Crippen molar-refractivity contribution in [1.82, 2.24) is 15.1 Å². The summed E-state index contributed by atoms with van der Waals surface area (Å²) in [6, 6.07) is 8.57. The summed E-state index contributed by atoms with van der Waals surface area (Å²) in [6.07, 6.45) is 2.62. The van der Waals surface area contributed by atoms with Crippen LogP contribution in [0.25, 0.3) is 0 Å². The lowest BCUT2D eigenvalue weighted by Crippen LogP contribution is -2.53. The number of morpholine rings is 1. The van der Waals surface area contributed by atoms with Gasteiger partial charge in [-0.25, -0.2) is 4.99 Å². The molecule has 0 aliphatic carbocycles. The fraction of sp³-hybridized carbons (Fsp3) is 0.667. The molecule has 0 spiro atoms. The second kappa shape index (κ2) is 11.9. The van der Waals surface area contributed by atoms with E-state index in [1.807, 2.05) is 0 Å². The van der Waals surface area contributed by atoms with Crippen LogP contribution < -0.4 is 5.32 Å². The lowest BCUT2D eigenvalue weighted by Gasteiger charge is -2.37. The predicted molar refractivity (Wildman–Crippen MR) is 124 cm³/mol. The molecular formula is C21H35IN4O2. The number of rotatable bonds is 6. The summed E-state index contributed by atoms with van der Waals surface area (Å²) < 4.78 is 11.8. The van der Waals surface area contributed by atoms with Gasteiger partial charge < -0.3 is 24.6 Å². The van der Waals surface area contributed by atoms with Gasteiger partial charge in [0.25, 0.3) is 0 Å². The molecule has 2 aliphatic rings. The van der Waals surface area contributed by atoms with Crippen LogP contribution in [-0.4, -0.2) is 74.9 Å². The summed E-state index contributed by atoms with van der Waals surface area (Å²) in [6.45, 7) is 7.90. The molecule has 1 N–H and O–H groups in total. The number of ether oxygens (including phenoxy) is 2. The van der Waals surface area contributed by atoms with Gasteiger partial charge in [0.05, 0.1) is 19.3 Å². The molecule has 28 heavy (non-hydrogen) atoms. The van der Waals surface area contributed by atoms with E-state index in [1.165, 1.54) is 11.1 Å². The molecule has 2 atom stereocenters. The molecule has 0 amide bonds. The van der Waals surface area contributed by atoms with Gasteiger partial charge in [-0.15, -0.1) is 24.0 Å². The zero-order valence-corrected chi connectivity index (χ0v) is 19.7. The van der Waals surface area contributed by atoms with Crippen LogP contribution in [0.2, 0.25) is 0 Å². The number of aliphatic imine (C=N–C) groups is 1. The van der Waals surface area contributed by atoms with Crippen molar-refractivity contribution in [1.29, 1.82) is 0 Å². The average molecular weight is 502 g/mol. The van der Waals surface area contributed by atoms with Gasteiger partial charge in [-0.1, -0.05) is 24.3 Å². The van der Waals surface area contributed by atoms with E-state index in [-0.39, 0.29) is 36.2 Å². The maximum Gasteiger partial charge on any atom is 0.194 e. The van der Waals surface area contributed by atoms with Gasteiger partial charge >= 0.3 is 0 Å². The number of nitrogens with zero attached hydrogens (tertiary/aromatic N) is 3. The van der Waals surface area contributed by atoms with E-state index in [4.69, 9.17) is 14.5 Å². The minimum Gasteiger partial charge on any atom is -0.375 e. The van der Waals surface area contributed by atoms with Crippen LogP contribution in [0.5, 0.6) is 0 Å². The first-order valence-corrected chi connectivity index (χ1v) is 10.2. The Morgan fingerprint density at radius 2 is 1.93 bits per heavy atom. The van der Waals surface area contributed by atoms with E-state index in [2.05, 4.69) is 60.4 Å². The number of hydrogen-bond donors (Lipinski definition) is 1. The molecule has 6 nitrogen and oxygen atoms in total. The van der Waals surface area contributed by atoms with Crippen molar-refractivity contribution in [2.75, 3.05) is 46.9 Å². The Labute approximate surface area is 186 Å². The predicted octanol–water partition coefficient (Wildman–Crippen LogP) is 2.71. The summed E-state index contributed by atoms with van der Waals surface area (Å²) in [4.78, 5) is 9.48. The molecular weight excluding hydrogens is 467 g/mol. The number of benzene rings is 1. The maximum absolute atomic E-state index is 5.99. The molecule has 2 saturated heterocycles. The Kier molecular flexibility index (Phi) is 9.98. The summed E-state index contributed by atoms with van der Waals surface area (Å²) in [5.74, 6) is 0.975. The molecule has 158 valence electrons. The van der Waals surface area contributed by atoms with Gasteiger partial charge in [-0.05, 0) is 45.0 Å². The third-order valence-electron chi connectivity index (χ3n) is 5.11. The van der Waals surface area contributed by atoms with Crippen molar-refractivity contribution >= 4 is 29.9 Å². The van der Waals surface area contributed by atoms with Crippen LogP contribution in [0.3, 0.4) is 0 Å². The molecule has 1 aromatic rings. The summed E-state index contributed by atoms with van der Waals surface area (Å²) in [7, 11) is 4.20. The maximum atomic E-state index is 5.99. The first kappa shape index (κ1) is 23.4. The minimum absolute atomic E-state index is 0. The van der Waals surface area contributed by atoms with E-state index < -0.39 is 0 Å². The first-order valence-electron chi connectivity index (χ1n) is 10.2. The standard InChI is InChI=1S/C21H34N4O2.HI/c1-4-22-21(23-14-17-8-5-6-9-18(17)15-24(2)3)25-11-13-27-20(16-25)19-10-7-12-26-19;/h5-6,8-9,19-20H,4,7,10-16H2,1-3H3,(H,22,23);1H. The third kappa shape index (κ3) is 6.57. The van der Waals surface area contributed by atoms with Crippen LogP contribution in [-0.2, 0) is 22.6 Å². The molecule has 7 heteroatoms. The monoisotopic (exact) mass is 502 g/mol. The average Bonchev–Trinajstić information content (AvgIpc) is 3.21. The Bertz CT molecular complexity index is 620. The summed E-state index contributed by atoms with van der Waals surface area (Å²) >= 11 is 0. The van der Waals surface area contributed by atoms with Crippen molar-refractivity contribution in [3.8, 4) is 0 Å². The molecule has 0 aromatic heterocycles. The van der Waals surface area contributed by atoms with Gasteiger partial charge in [0, 0.05) is 32.8 Å². The van der Waals surface area contributed by atoms with Gasteiger partial charge in [0.2, 0.25) is 0 Å². The number of hydrogen-bond acceptors (Lipinski definition) is 4. The SMILES string of the molecule is CCNC(=NCc1ccccc1CN(C)C)N1CCOC(C2CCCO2)C1.I. The third-order valence-corrected chi connectivity index (χ3v) is 5.11. The number of guanidine groups is 1. The Hall–Kier alpha value is -0.900. The quantitative estimate of drug-likeness (QED) is 0.369. The molecule has 2 fully saturated rings. The van der Waals surface area contributed by atoms with E-state index in [9.17, 15) is 0 Å². The zero-order chi connectivity index (χ0) is 19.1. The number of nitrogens with one attached hydrogen (secondary N) is 1. The fourth-order valence-electron chi connectivity index (χ4n) is 3.78. The fourth-order valence-corrected chi connectivity index (χ4v) is 3.78. The molecule has 3 rings (SSSR count). The van der Waals surface area contributed by atoms with Crippen LogP contribution in [0.1, 0.15) is 30.9 Å². The minimum atomic E-state index is 0. The van der Waals surface area contributed by atoms with Crippen molar-refractivity contribution in [2.24, 2.45) is 4.99 Å². The highest BCUT2D eigenvalue weighted by molar-refractivity contribution is 14.0. The van der Waals surface area contributed by atoms with Crippen LogP contribution in [0.4, 0.5) is 0 Å². The molecule has 2 aliphatic heterocycles. The van der Waals surface area contributed by atoms with E-state index in [0.717, 1.165) is 58.2 Å². The highest BCUT2D eigenvalue weighted by atomic mass is 127. The Morgan fingerprint density at radius 3 is 2.61 bits per heavy atom.